The summed E-state index contributed by atoms with van der Waals surface area (Å²) < 4.78 is 3.49. The molecule has 0 N–H and O–H groups in total. The molecule has 2 heteroatoms. The molecule has 0 saturated carbocycles. The van der Waals surface area contributed by atoms with Gasteiger partial charge in [-0.3, -0.25) is 0 Å². The van der Waals surface area contributed by atoms with Gasteiger partial charge in [0.2, 0.25) is 0 Å². The molecule has 1 heterocycles. The first-order chi connectivity index (χ1) is 10.3. The first kappa shape index (κ1) is 16.4. The van der Waals surface area contributed by atoms with Crippen molar-refractivity contribution < 1.29 is 0 Å². The quantitative estimate of drug-likeness (QED) is 0.328. The lowest BCUT2D eigenvalue weighted by Gasteiger charge is -1.98. The van der Waals surface area contributed by atoms with Gasteiger partial charge in [-0.2, -0.15) is 0 Å². The van der Waals surface area contributed by atoms with E-state index in [-0.39, 0.29) is 0 Å². The lowest BCUT2D eigenvalue weighted by atomic mass is 10.1. The molecule has 1 aromatic carbocycles. The lowest BCUT2D eigenvalue weighted by Crippen LogP contribution is -1.92. The lowest BCUT2D eigenvalue weighted by molar-refractivity contribution is 0.614. The third-order valence-corrected chi connectivity index (χ3v) is 5.00. The van der Waals surface area contributed by atoms with Crippen LogP contribution in [-0.4, -0.2) is 4.57 Å². The van der Waals surface area contributed by atoms with E-state index in [0.717, 1.165) is 12.1 Å². The van der Waals surface area contributed by atoms with E-state index < -0.39 is 0 Å². The van der Waals surface area contributed by atoms with E-state index >= 15 is 0 Å². The molecule has 0 unspecified atom stereocenters. The number of unbranched alkanes of at least 4 members (excludes halogenated alkanes) is 6. The Morgan fingerprint density at radius 3 is 2.52 bits per heavy atom. The highest BCUT2D eigenvalue weighted by atomic mass is 127. The first-order valence-electron chi connectivity index (χ1n) is 7.97. The number of para-hydroxylation sites is 1. The standard InChI is InChI=1S/C19H24IN/c1-3-4-5-6-7-8-9-10-15-18-19(20)16-13-11-12-14-17(16)21(18)2/h11-14H,3-9H2,1-2H3. The van der Waals surface area contributed by atoms with E-state index in [1.54, 1.807) is 0 Å². The normalized spacial score (nSPS) is 10.6. The van der Waals surface area contributed by atoms with E-state index in [9.17, 15) is 0 Å². The molecule has 0 amide bonds. The molecule has 2 rings (SSSR count). The summed E-state index contributed by atoms with van der Waals surface area (Å²) in [5.74, 6) is 6.74. The van der Waals surface area contributed by atoms with Crippen molar-refractivity contribution in [3.8, 4) is 11.8 Å². The van der Waals surface area contributed by atoms with Gasteiger partial charge >= 0.3 is 0 Å². The van der Waals surface area contributed by atoms with Gasteiger partial charge in [0.05, 0.1) is 3.57 Å². The third kappa shape index (κ3) is 4.26. The van der Waals surface area contributed by atoms with Crippen molar-refractivity contribution in [2.24, 2.45) is 7.05 Å². The average molecular weight is 393 g/mol. The van der Waals surface area contributed by atoms with Crippen molar-refractivity contribution in [3.63, 3.8) is 0 Å². The van der Waals surface area contributed by atoms with Crippen molar-refractivity contribution >= 4 is 33.5 Å². The van der Waals surface area contributed by atoms with Crippen LogP contribution in [0.2, 0.25) is 0 Å². The minimum absolute atomic E-state index is 1.02. The van der Waals surface area contributed by atoms with Gasteiger partial charge in [0.15, 0.2) is 0 Å². The van der Waals surface area contributed by atoms with Crippen LogP contribution in [0.25, 0.3) is 10.9 Å². The molecule has 0 aliphatic rings. The predicted molar refractivity (Wildman–Crippen MR) is 101 cm³/mol. The average Bonchev–Trinajstić information content (AvgIpc) is 2.75. The summed E-state index contributed by atoms with van der Waals surface area (Å²) in [6.07, 6.45) is 9.01. The summed E-state index contributed by atoms with van der Waals surface area (Å²) >= 11 is 2.42. The van der Waals surface area contributed by atoms with Crippen LogP contribution in [0.15, 0.2) is 24.3 Å². The second kappa shape index (κ2) is 8.48. The molecule has 112 valence electrons. The minimum atomic E-state index is 1.02. The summed E-state index contributed by atoms with van der Waals surface area (Å²) in [4.78, 5) is 0. The number of hydrogen-bond donors (Lipinski definition) is 0. The maximum Gasteiger partial charge on any atom is 0.106 e. The van der Waals surface area contributed by atoms with E-state index in [1.165, 1.54) is 53.0 Å². The van der Waals surface area contributed by atoms with Gasteiger partial charge in [0.25, 0.3) is 0 Å². The van der Waals surface area contributed by atoms with Gasteiger partial charge in [-0.15, -0.1) is 0 Å². The van der Waals surface area contributed by atoms with Gasteiger partial charge in [0, 0.05) is 24.4 Å². The van der Waals surface area contributed by atoms with Gasteiger partial charge in [-0.25, -0.2) is 0 Å². The fourth-order valence-electron chi connectivity index (χ4n) is 2.63. The van der Waals surface area contributed by atoms with E-state index in [4.69, 9.17) is 0 Å². The van der Waals surface area contributed by atoms with Crippen LogP contribution in [0.5, 0.6) is 0 Å². The zero-order valence-electron chi connectivity index (χ0n) is 13.1. The van der Waals surface area contributed by atoms with Crippen molar-refractivity contribution in [3.05, 3.63) is 33.5 Å². The van der Waals surface area contributed by atoms with Gasteiger partial charge in [0.1, 0.15) is 5.69 Å². The first-order valence-corrected chi connectivity index (χ1v) is 9.05. The van der Waals surface area contributed by atoms with Crippen LogP contribution < -0.4 is 0 Å². The van der Waals surface area contributed by atoms with Crippen LogP contribution >= 0.6 is 22.6 Å². The van der Waals surface area contributed by atoms with Crippen LogP contribution in [-0.2, 0) is 7.05 Å². The highest BCUT2D eigenvalue weighted by molar-refractivity contribution is 14.1. The maximum atomic E-state index is 3.38. The third-order valence-electron chi connectivity index (χ3n) is 3.91. The highest BCUT2D eigenvalue weighted by Crippen LogP contribution is 2.26. The Balaban J connectivity index is 1.93. The van der Waals surface area contributed by atoms with E-state index in [1.807, 2.05) is 0 Å². The number of nitrogens with zero attached hydrogens (tertiary/aromatic N) is 1. The number of aromatic nitrogens is 1. The molecule has 1 nitrogen and oxygen atoms in total. The number of rotatable bonds is 6. The largest absolute Gasteiger partial charge is 0.336 e. The van der Waals surface area contributed by atoms with Crippen molar-refractivity contribution in [1.82, 2.24) is 4.57 Å². The summed E-state index contributed by atoms with van der Waals surface area (Å²) in [5.41, 5.74) is 2.42. The molecular weight excluding hydrogens is 369 g/mol. The van der Waals surface area contributed by atoms with Crippen molar-refractivity contribution in [2.45, 2.75) is 51.9 Å². The minimum Gasteiger partial charge on any atom is -0.336 e. The summed E-state index contributed by atoms with van der Waals surface area (Å²) in [7, 11) is 2.11. The molecule has 0 aliphatic heterocycles. The zero-order valence-corrected chi connectivity index (χ0v) is 15.2. The Morgan fingerprint density at radius 1 is 1.05 bits per heavy atom. The number of halogens is 1. The molecule has 0 spiro atoms. The fraction of sp³-hybridized carbons (Fsp3) is 0.474. The highest BCUT2D eigenvalue weighted by Gasteiger charge is 2.09. The second-order valence-electron chi connectivity index (χ2n) is 5.56. The second-order valence-corrected chi connectivity index (χ2v) is 6.64. The van der Waals surface area contributed by atoms with Gasteiger partial charge in [-0.1, -0.05) is 63.1 Å². The Kier molecular flexibility index (Phi) is 6.63. The number of aryl methyl sites for hydroxylation is 1. The maximum absolute atomic E-state index is 3.38. The molecular formula is C19H24IN. The molecule has 0 atom stereocenters. The molecule has 21 heavy (non-hydrogen) atoms. The molecule has 0 aliphatic carbocycles. The molecule has 0 saturated heterocycles. The van der Waals surface area contributed by atoms with E-state index in [0.29, 0.717) is 0 Å². The fourth-order valence-corrected chi connectivity index (χ4v) is 3.58. The van der Waals surface area contributed by atoms with Crippen molar-refractivity contribution in [2.75, 3.05) is 0 Å². The van der Waals surface area contributed by atoms with Crippen LogP contribution in [0, 0.1) is 15.4 Å². The molecule has 0 bridgehead atoms. The summed E-state index contributed by atoms with van der Waals surface area (Å²) in [5, 5.41) is 1.31. The Bertz CT molecular complexity index is 604. The Labute approximate surface area is 142 Å². The predicted octanol–water partition coefficient (Wildman–Crippen LogP) is 5.89. The summed E-state index contributed by atoms with van der Waals surface area (Å²) in [6.45, 7) is 2.26. The molecule has 0 radical (unpaired) electrons. The Morgan fingerprint density at radius 2 is 1.76 bits per heavy atom. The van der Waals surface area contributed by atoms with Gasteiger partial charge in [-0.05, 0) is 41.0 Å². The van der Waals surface area contributed by atoms with Crippen LogP contribution in [0.4, 0.5) is 0 Å². The summed E-state index contributed by atoms with van der Waals surface area (Å²) in [6, 6.07) is 8.52. The van der Waals surface area contributed by atoms with Crippen LogP contribution in [0.3, 0.4) is 0 Å². The topological polar surface area (TPSA) is 4.93 Å². The molecule has 0 fully saturated rings. The Hall–Kier alpha value is -0.950. The molecule has 2 aromatic rings. The zero-order chi connectivity index (χ0) is 15.1. The number of benzene rings is 1. The van der Waals surface area contributed by atoms with Crippen molar-refractivity contribution in [1.29, 1.82) is 0 Å². The SMILES string of the molecule is CCCCCCCCC#Cc1c(I)c2ccccc2n1C. The number of fused-ring (bicyclic) bond motifs is 1. The van der Waals surface area contributed by atoms with Crippen LogP contribution in [0.1, 0.15) is 57.6 Å². The molecule has 1 aromatic heterocycles. The van der Waals surface area contributed by atoms with E-state index in [2.05, 4.69) is 77.2 Å². The van der Waals surface area contributed by atoms with Gasteiger partial charge < -0.3 is 4.57 Å². The smallest absolute Gasteiger partial charge is 0.106 e. The monoisotopic (exact) mass is 393 g/mol. The number of hydrogen-bond acceptors (Lipinski definition) is 0.